The van der Waals surface area contributed by atoms with Crippen LogP contribution in [0.15, 0.2) is 53.4 Å². The molecule has 1 N–H and O–H groups in total. The van der Waals surface area contributed by atoms with E-state index in [2.05, 4.69) is 4.72 Å². The fourth-order valence-corrected chi connectivity index (χ4v) is 3.42. The predicted octanol–water partition coefficient (Wildman–Crippen LogP) is 2.84. The molecule has 2 rings (SSSR count). The molecule has 0 heterocycles. The molecule has 23 heavy (non-hydrogen) atoms. The predicted molar refractivity (Wildman–Crippen MR) is 87.7 cm³/mol. The summed E-state index contributed by atoms with van der Waals surface area (Å²) in [5.74, 6) is -0.696. The summed E-state index contributed by atoms with van der Waals surface area (Å²) in [6, 6.07) is 11.7. The van der Waals surface area contributed by atoms with Gasteiger partial charge in [0.25, 0.3) is 0 Å². The fraction of sp³-hybridized carbons (Fsp3) is 0.188. The number of carbonyl (C=O) groups excluding carboxylic acids is 1. The highest BCUT2D eigenvalue weighted by Crippen LogP contribution is 2.22. The zero-order valence-electron chi connectivity index (χ0n) is 12.6. The normalized spacial score (nSPS) is 12.7. The maximum Gasteiger partial charge on any atom is 0.328 e. The van der Waals surface area contributed by atoms with Crippen molar-refractivity contribution in [3.8, 4) is 0 Å². The van der Waals surface area contributed by atoms with Crippen molar-refractivity contribution in [3.63, 3.8) is 0 Å². The second-order valence-corrected chi connectivity index (χ2v) is 7.02. The Kier molecular flexibility index (Phi) is 5.41. The van der Waals surface area contributed by atoms with Crippen LogP contribution < -0.4 is 4.72 Å². The largest absolute Gasteiger partial charge is 0.468 e. The lowest BCUT2D eigenvalue weighted by atomic mass is 10.1. The number of halogens is 1. The average molecular weight is 354 g/mol. The maximum absolute atomic E-state index is 12.5. The summed E-state index contributed by atoms with van der Waals surface area (Å²) in [5.41, 5.74) is 1.25. The zero-order chi connectivity index (χ0) is 17.0. The Morgan fingerprint density at radius 3 is 2.39 bits per heavy atom. The van der Waals surface area contributed by atoms with Gasteiger partial charge in [0, 0.05) is 5.02 Å². The van der Waals surface area contributed by atoms with E-state index >= 15 is 0 Å². The number of hydrogen-bond acceptors (Lipinski definition) is 4. The van der Waals surface area contributed by atoms with E-state index in [1.165, 1.54) is 19.2 Å². The summed E-state index contributed by atoms with van der Waals surface area (Å²) in [7, 11) is -2.73. The first-order chi connectivity index (χ1) is 10.8. The summed E-state index contributed by atoms with van der Waals surface area (Å²) < 4.78 is 32.1. The minimum atomic E-state index is -3.94. The Morgan fingerprint density at radius 1 is 1.17 bits per heavy atom. The maximum atomic E-state index is 12.5. The van der Waals surface area contributed by atoms with Crippen LogP contribution >= 0.6 is 11.6 Å². The van der Waals surface area contributed by atoms with Gasteiger partial charge >= 0.3 is 5.97 Å². The number of methoxy groups -OCH3 is 1. The van der Waals surface area contributed by atoms with Gasteiger partial charge in [-0.2, -0.15) is 4.72 Å². The minimum absolute atomic E-state index is 0.0158. The van der Waals surface area contributed by atoms with Gasteiger partial charge in [-0.05, 0) is 30.2 Å². The number of carbonyl (C=O) groups is 1. The Hall–Kier alpha value is -1.89. The smallest absolute Gasteiger partial charge is 0.328 e. The molecule has 1 atom stereocenters. The van der Waals surface area contributed by atoms with E-state index in [1.54, 1.807) is 43.3 Å². The van der Waals surface area contributed by atoms with Crippen molar-refractivity contribution < 1.29 is 17.9 Å². The molecule has 122 valence electrons. The molecule has 0 aliphatic rings. The Morgan fingerprint density at radius 2 is 1.83 bits per heavy atom. The van der Waals surface area contributed by atoms with Crippen molar-refractivity contribution >= 4 is 27.6 Å². The fourth-order valence-electron chi connectivity index (χ4n) is 1.98. The van der Waals surface area contributed by atoms with Crippen LogP contribution in [0.1, 0.15) is 17.2 Å². The van der Waals surface area contributed by atoms with E-state index < -0.39 is 22.0 Å². The number of rotatable bonds is 5. The second-order valence-electron chi connectivity index (χ2n) is 4.90. The molecule has 0 aromatic heterocycles. The molecule has 0 fully saturated rings. The van der Waals surface area contributed by atoms with Gasteiger partial charge in [-0.15, -0.1) is 0 Å². The molecule has 0 radical (unpaired) electrons. The van der Waals surface area contributed by atoms with E-state index in [1.807, 2.05) is 0 Å². The first-order valence-corrected chi connectivity index (χ1v) is 8.62. The number of esters is 1. The lowest BCUT2D eigenvalue weighted by molar-refractivity contribution is -0.142. The van der Waals surface area contributed by atoms with Crippen molar-refractivity contribution in [2.24, 2.45) is 0 Å². The van der Waals surface area contributed by atoms with E-state index in [9.17, 15) is 13.2 Å². The summed E-state index contributed by atoms with van der Waals surface area (Å²) in [6.07, 6.45) is 0. The SMILES string of the molecule is COC(=O)C(NS(=O)(=O)c1ccc(C)c(Cl)c1)c1ccccc1. The minimum Gasteiger partial charge on any atom is -0.468 e. The lowest BCUT2D eigenvalue weighted by Crippen LogP contribution is -2.34. The third kappa shape index (κ3) is 4.10. The van der Waals surface area contributed by atoms with Crippen LogP contribution in [0.4, 0.5) is 0 Å². The van der Waals surface area contributed by atoms with Gasteiger partial charge in [-0.1, -0.05) is 48.0 Å². The Labute approximate surface area is 140 Å². The Bertz CT molecular complexity index is 806. The number of ether oxygens (including phenoxy) is 1. The lowest BCUT2D eigenvalue weighted by Gasteiger charge is -2.17. The van der Waals surface area contributed by atoms with Crippen LogP contribution in [0, 0.1) is 6.92 Å². The zero-order valence-corrected chi connectivity index (χ0v) is 14.2. The summed E-state index contributed by atoms with van der Waals surface area (Å²) in [6.45, 7) is 1.77. The van der Waals surface area contributed by atoms with Crippen molar-refractivity contribution in [1.29, 1.82) is 0 Å². The monoisotopic (exact) mass is 353 g/mol. The first-order valence-electron chi connectivity index (χ1n) is 6.76. The number of hydrogen-bond donors (Lipinski definition) is 1. The highest BCUT2D eigenvalue weighted by molar-refractivity contribution is 7.89. The molecule has 0 saturated carbocycles. The highest BCUT2D eigenvalue weighted by Gasteiger charge is 2.28. The van der Waals surface area contributed by atoms with Crippen molar-refractivity contribution in [2.45, 2.75) is 17.9 Å². The van der Waals surface area contributed by atoms with Crippen LogP contribution in [0.25, 0.3) is 0 Å². The van der Waals surface area contributed by atoms with Crippen LogP contribution in [0.2, 0.25) is 5.02 Å². The molecule has 0 spiro atoms. The average Bonchev–Trinajstić information content (AvgIpc) is 2.55. The molecule has 0 amide bonds. The molecular formula is C16H16ClNO4S. The molecular weight excluding hydrogens is 338 g/mol. The Balaban J connectivity index is 2.38. The molecule has 0 aliphatic heterocycles. The van der Waals surface area contributed by atoms with Gasteiger partial charge < -0.3 is 4.74 Å². The highest BCUT2D eigenvalue weighted by atomic mass is 35.5. The van der Waals surface area contributed by atoms with Crippen LogP contribution in [0.5, 0.6) is 0 Å². The van der Waals surface area contributed by atoms with Crippen LogP contribution in [-0.2, 0) is 19.6 Å². The van der Waals surface area contributed by atoms with Gasteiger partial charge in [0.15, 0.2) is 0 Å². The third-order valence-electron chi connectivity index (χ3n) is 3.30. The molecule has 0 bridgehead atoms. The molecule has 0 saturated heterocycles. The van der Waals surface area contributed by atoms with Crippen molar-refractivity contribution in [1.82, 2.24) is 4.72 Å². The van der Waals surface area contributed by atoms with E-state index in [0.29, 0.717) is 10.6 Å². The van der Waals surface area contributed by atoms with Crippen molar-refractivity contribution in [3.05, 3.63) is 64.7 Å². The van der Waals surface area contributed by atoms with Gasteiger partial charge in [-0.25, -0.2) is 13.2 Å². The van der Waals surface area contributed by atoms with Crippen molar-refractivity contribution in [2.75, 3.05) is 7.11 Å². The van der Waals surface area contributed by atoms with Gasteiger partial charge in [0.2, 0.25) is 10.0 Å². The molecule has 2 aromatic carbocycles. The quantitative estimate of drug-likeness (QED) is 0.839. The number of sulfonamides is 1. The standard InChI is InChI=1S/C16H16ClNO4S/c1-11-8-9-13(10-14(11)17)23(20,21)18-15(16(19)22-2)12-6-4-3-5-7-12/h3-10,15,18H,1-2H3. The summed E-state index contributed by atoms with van der Waals surface area (Å²) in [5, 5.41) is 0.335. The molecule has 0 aliphatic carbocycles. The third-order valence-corrected chi connectivity index (χ3v) is 5.12. The summed E-state index contributed by atoms with van der Waals surface area (Å²) >= 11 is 5.98. The van der Waals surface area contributed by atoms with Gasteiger partial charge in [0.05, 0.1) is 12.0 Å². The number of benzene rings is 2. The van der Waals surface area contributed by atoms with Gasteiger partial charge in [0.1, 0.15) is 6.04 Å². The second kappa shape index (κ2) is 7.12. The topological polar surface area (TPSA) is 72.5 Å². The molecule has 2 aromatic rings. The molecule has 1 unspecified atom stereocenters. The molecule has 5 nitrogen and oxygen atoms in total. The van der Waals surface area contributed by atoms with Crippen LogP contribution in [0.3, 0.4) is 0 Å². The van der Waals surface area contributed by atoms with Crippen LogP contribution in [-0.4, -0.2) is 21.5 Å². The first kappa shape index (κ1) is 17.5. The van der Waals surface area contributed by atoms with E-state index in [4.69, 9.17) is 16.3 Å². The number of aryl methyl sites for hydroxylation is 1. The number of nitrogens with one attached hydrogen (secondary N) is 1. The summed E-state index contributed by atoms with van der Waals surface area (Å²) in [4.78, 5) is 12.0. The van der Waals surface area contributed by atoms with E-state index in [0.717, 1.165) is 5.56 Å². The van der Waals surface area contributed by atoms with E-state index in [-0.39, 0.29) is 4.90 Å². The molecule has 7 heteroatoms. The van der Waals surface area contributed by atoms with Gasteiger partial charge in [-0.3, -0.25) is 0 Å².